The van der Waals surface area contributed by atoms with Gasteiger partial charge in [0.2, 0.25) is 0 Å². The summed E-state index contributed by atoms with van der Waals surface area (Å²) in [7, 11) is 0. The summed E-state index contributed by atoms with van der Waals surface area (Å²) in [6, 6.07) is 0.479. The molecule has 0 aromatic heterocycles. The molecule has 36 heavy (non-hydrogen) atoms. The van der Waals surface area contributed by atoms with E-state index in [1.807, 2.05) is 6.92 Å². The van der Waals surface area contributed by atoms with Gasteiger partial charge in [0.25, 0.3) is 0 Å². The first-order valence-corrected chi connectivity index (χ1v) is 12.8. The summed E-state index contributed by atoms with van der Waals surface area (Å²) < 4.78 is 52.4. The van der Waals surface area contributed by atoms with Gasteiger partial charge in [0, 0.05) is 36.4 Å². The number of alkyl halides is 3. The summed E-state index contributed by atoms with van der Waals surface area (Å²) in [5.74, 6) is 0.163. The van der Waals surface area contributed by atoms with Gasteiger partial charge in [-0.05, 0) is 47.6 Å². The molecule has 0 saturated heterocycles. The van der Waals surface area contributed by atoms with E-state index in [-0.39, 0.29) is 35.1 Å². The number of carbonyl (C=O) groups is 1. The minimum Gasteiger partial charge on any atom is -0.443 e. The summed E-state index contributed by atoms with van der Waals surface area (Å²) in [5, 5.41) is 8.44. The molecule has 1 aromatic carbocycles. The van der Waals surface area contributed by atoms with E-state index in [0.717, 1.165) is 17.8 Å². The van der Waals surface area contributed by atoms with E-state index >= 15 is 0 Å². The summed E-state index contributed by atoms with van der Waals surface area (Å²) in [4.78, 5) is 20.4. The van der Waals surface area contributed by atoms with Crippen molar-refractivity contribution in [1.82, 2.24) is 9.80 Å². The lowest BCUT2D eigenvalue weighted by atomic mass is 10.0. The molecule has 198 valence electrons. The largest absolute Gasteiger partial charge is 0.443 e. The molecule has 0 radical (unpaired) electrons. The van der Waals surface area contributed by atoms with Gasteiger partial charge in [-0.2, -0.15) is 13.2 Å². The molecule has 0 bridgehead atoms. The van der Waals surface area contributed by atoms with Gasteiger partial charge in [0.05, 0.1) is 39.5 Å². The minimum absolute atomic E-state index is 0.00453. The zero-order valence-electron chi connectivity index (χ0n) is 21.0. The highest BCUT2D eigenvalue weighted by atomic mass is 35.5. The number of allylic oxidation sites excluding steroid dienone is 1. The van der Waals surface area contributed by atoms with Crippen molar-refractivity contribution in [3.8, 4) is 0 Å². The fraction of sp³-hybridized carbons (Fsp3) is 0.542. The summed E-state index contributed by atoms with van der Waals surface area (Å²) in [6.45, 7) is 11.5. The number of hydrogen-bond acceptors (Lipinski definition) is 6. The number of amides is 1. The van der Waals surface area contributed by atoms with Gasteiger partial charge in [-0.15, -0.1) is 11.8 Å². The Hall–Kier alpha value is -2.24. The average Bonchev–Trinajstić information content (AvgIpc) is 2.74. The number of hydrogen-bond donors (Lipinski definition) is 1. The Balaban J connectivity index is 2.05. The number of aliphatic imine (C=N–C) groups is 1. The zero-order valence-corrected chi connectivity index (χ0v) is 22.6. The molecule has 2 aliphatic rings. The van der Waals surface area contributed by atoms with Crippen LogP contribution in [0.3, 0.4) is 0 Å². The predicted octanol–water partition coefficient (Wildman–Crippen LogP) is 6.70. The summed E-state index contributed by atoms with van der Waals surface area (Å²) in [6.07, 6.45) is -3.67. The molecule has 7 nitrogen and oxygen atoms in total. The van der Waals surface area contributed by atoms with E-state index in [2.05, 4.69) is 4.99 Å². The number of ether oxygens (including phenoxy) is 2. The van der Waals surface area contributed by atoms with Gasteiger partial charge in [0.15, 0.2) is 0 Å². The lowest BCUT2D eigenvalue weighted by Crippen LogP contribution is -2.50. The molecular formula is C24H30ClF3N4O3S. The lowest BCUT2D eigenvalue weighted by Gasteiger charge is -2.39. The number of halogens is 4. The van der Waals surface area contributed by atoms with E-state index in [9.17, 15) is 18.0 Å². The second-order valence-corrected chi connectivity index (χ2v) is 10.9. The molecular weight excluding hydrogens is 517 g/mol. The van der Waals surface area contributed by atoms with Crippen molar-refractivity contribution in [1.29, 1.82) is 5.41 Å². The van der Waals surface area contributed by atoms with Gasteiger partial charge in [-0.1, -0.05) is 11.6 Å². The molecule has 0 unspecified atom stereocenters. The van der Waals surface area contributed by atoms with Crippen LogP contribution >= 0.6 is 23.4 Å². The number of nitrogens with zero attached hydrogens (tertiary/aromatic N) is 3. The second kappa shape index (κ2) is 10.6. The minimum atomic E-state index is -4.70. The first kappa shape index (κ1) is 28.3. The van der Waals surface area contributed by atoms with Gasteiger partial charge < -0.3 is 14.4 Å². The molecule has 2 aliphatic heterocycles. The number of benzene rings is 1. The van der Waals surface area contributed by atoms with Crippen LogP contribution in [0.1, 0.15) is 52.7 Å². The van der Waals surface area contributed by atoms with Crippen molar-refractivity contribution in [3.05, 3.63) is 34.1 Å². The number of rotatable bonds is 4. The zero-order chi connectivity index (χ0) is 27.0. The topological polar surface area (TPSA) is 78.2 Å². The number of amidine groups is 1. The quantitative estimate of drug-likeness (QED) is 0.336. The third kappa shape index (κ3) is 6.18. The molecule has 0 fully saturated rings. The van der Waals surface area contributed by atoms with Crippen molar-refractivity contribution < 1.29 is 27.4 Å². The Morgan fingerprint density at radius 1 is 1.33 bits per heavy atom. The van der Waals surface area contributed by atoms with Gasteiger partial charge in [-0.25, -0.2) is 4.79 Å². The Morgan fingerprint density at radius 3 is 2.56 bits per heavy atom. The van der Waals surface area contributed by atoms with Crippen molar-refractivity contribution in [3.63, 3.8) is 0 Å². The molecule has 0 spiro atoms. The maximum absolute atomic E-state index is 13.8. The SMILES string of the molecule is CCOCC1=Nc2c(C(=N)N3C=C(C)N(C(=O)OC(C)(C)C)[C@H](C)C3)cc(C(F)(F)F)c(Cl)c2SC1. The van der Waals surface area contributed by atoms with E-state index in [0.29, 0.717) is 23.8 Å². The first-order chi connectivity index (χ1) is 16.6. The second-order valence-electron chi connectivity index (χ2n) is 9.54. The molecule has 1 N–H and O–H groups in total. The van der Waals surface area contributed by atoms with Crippen molar-refractivity contribution in [2.45, 2.75) is 64.3 Å². The highest BCUT2D eigenvalue weighted by Crippen LogP contribution is 2.48. The maximum atomic E-state index is 13.8. The lowest BCUT2D eigenvalue weighted by molar-refractivity contribution is -0.137. The highest BCUT2D eigenvalue weighted by molar-refractivity contribution is 8.00. The third-order valence-electron chi connectivity index (χ3n) is 5.38. The molecule has 2 heterocycles. The van der Waals surface area contributed by atoms with Crippen LogP contribution in [0.15, 0.2) is 27.9 Å². The van der Waals surface area contributed by atoms with E-state index in [1.165, 1.54) is 9.80 Å². The fourth-order valence-electron chi connectivity index (χ4n) is 3.89. The molecule has 0 saturated carbocycles. The Labute approximate surface area is 218 Å². The van der Waals surface area contributed by atoms with Crippen LogP contribution in [0.5, 0.6) is 0 Å². The monoisotopic (exact) mass is 546 g/mol. The van der Waals surface area contributed by atoms with Crippen LogP contribution in [-0.2, 0) is 15.7 Å². The molecule has 1 amide bonds. The number of nitrogens with one attached hydrogen (secondary N) is 1. The van der Waals surface area contributed by atoms with Gasteiger partial charge in [0.1, 0.15) is 11.4 Å². The van der Waals surface area contributed by atoms with Gasteiger partial charge in [-0.3, -0.25) is 15.3 Å². The predicted molar refractivity (Wildman–Crippen MR) is 136 cm³/mol. The normalized spacial score (nSPS) is 18.4. The molecule has 1 atom stereocenters. The molecule has 12 heteroatoms. The molecule has 0 aliphatic carbocycles. The number of carbonyl (C=O) groups excluding carboxylic acids is 1. The Bertz CT molecular complexity index is 1120. The number of fused-ring (bicyclic) bond motifs is 1. The van der Waals surface area contributed by atoms with E-state index in [4.69, 9.17) is 26.5 Å². The van der Waals surface area contributed by atoms with Crippen LogP contribution in [0.25, 0.3) is 0 Å². The average molecular weight is 547 g/mol. The van der Waals surface area contributed by atoms with Crippen LogP contribution < -0.4 is 0 Å². The van der Waals surface area contributed by atoms with Crippen LogP contribution in [0.2, 0.25) is 5.02 Å². The summed E-state index contributed by atoms with van der Waals surface area (Å²) in [5.41, 5.74) is -0.330. The van der Waals surface area contributed by atoms with Crippen LogP contribution in [0, 0.1) is 5.41 Å². The van der Waals surface area contributed by atoms with Gasteiger partial charge >= 0.3 is 12.3 Å². The van der Waals surface area contributed by atoms with E-state index in [1.54, 1.807) is 40.8 Å². The highest BCUT2D eigenvalue weighted by Gasteiger charge is 2.39. The van der Waals surface area contributed by atoms with E-state index < -0.39 is 34.5 Å². The Morgan fingerprint density at radius 2 is 2.00 bits per heavy atom. The van der Waals surface area contributed by atoms with Crippen molar-refractivity contribution >= 4 is 46.7 Å². The smallest absolute Gasteiger partial charge is 0.417 e. The van der Waals surface area contributed by atoms with Crippen LogP contribution in [0.4, 0.5) is 23.7 Å². The molecule has 1 aromatic rings. The maximum Gasteiger partial charge on any atom is 0.417 e. The third-order valence-corrected chi connectivity index (χ3v) is 7.05. The van der Waals surface area contributed by atoms with Crippen molar-refractivity contribution in [2.75, 3.05) is 25.5 Å². The first-order valence-electron chi connectivity index (χ1n) is 11.4. The molecule has 3 rings (SSSR count). The summed E-state index contributed by atoms with van der Waals surface area (Å²) >= 11 is 7.33. The van der Waals surface area contributed by atoms with Crippen molar-refractivity contribution in [2.24, 2.45) is 4.99 Å². The fourth-order valence-corrected chi connectivity index (χ4v) is 5.30. The number of thioether (sulfide) groups is 1. The Kier molecular flexibility index (Phi) is 8.36. The standard InChI is InChI=1S/C24H30ClF3N4O3S/c1-7-34-11-15-12-36-20-18(25)17(24(26,27)28)8-16(19(20)30-15)21(29)31-9-13(2)32(14(3)10-31)22(33)35-23(4,5)6/h8-9,14,29H,7,10-12H2,1-6H3/t14-/m1/s1. The van der Waals surface area contributed by atoms with Crippen LogP contribution in [-0.4, -0.2) is 64.6 Å².